The van der Waals surface area contributed by atoms with Crippen molar-refractivity contribution in [2.75, 3.05) is 7.11 Å². The third-order valence-corrected chi connectivity index (χ3v) is 5.67. The van der Waals surface area contributed by atoms with Crippen molar-refractivity contribution >= 4 is 9.84 Å². The molecule has 0 amide bonds. The molecule has 0 spiro atoms. The number of ether oxygens (including phenoxy) is 1. The summed E-state index contributed by atoms with van der Waals surface area (Å²) in [7, 11) is -1.70. The van der Waals surface area contributed by atoms with Crippen LogP contribution in [0, 0.1) is 0 Å². The molecular weight excluding hydrogens is 314 g/mol. The van der Waals surface area contributed by atoms with Gasteiger partial charge in [0.1, 0.15) is 17.2 Å². The topological polar surface area (TPSA) is 69.4 Å². The Labute approximate surface area is 136 Å². The van der Waals surface area contributed by atoms with E-state index in [1.165, 1.54) is 0 Å². The minimum absolute atomic E-state index is 0.00136. The molecule has 5 nitrogen and oxygen atoms in total. The summed E-state index contributed by atoms with van der Waals surface area (Å²) in [6.07, 6.45) is 5.04. The lowest BCUT2D eigenvalue weighted by atomic mass is 10.1. The van der Waals surface area contributed by atoms with Gasteiger partial charge in [-0.3, -0.25) is 0 Å². The number of fused-ring (bicyclic) bond motifs is 1. The van der Waals surface area contributed by atoms with E-state index >= 15 is 0 Å². The van der Waals surface area contributed by atoms with Crippen molar-refractivity contribution in [2.24, 2.45) is 0 Å². The number of hydrogen-bond acceptors (Lipinski definition) is 5. The van der Waals surface area contributed by atoms with E-state index < -0.39 is 9.84 Å². The highest BCUT2D eigenvalue weighted by Gasteiger charge is 2.23. The molecule has 0 atom stereocenters. The first-order valence-electron chi connectivity index (χ1n) is 7.87. The van der Waals surface area contributed by atoms with Crippen molar-refractivity contribution in [3.8, 4) is 5.75 Å². The lowest BCUT2D eigenvalue weighted by Crippen LogP contribution is -2.09. The largest absolute Gasteiger partial charge is 0.497 e. The standard InChI is InChI=1S/C17H21NO4S/c1-21-14-9-7-13(8-10-14)11-23(19,20)12-16-15-5-3-2-4-6-17(15)22-18-16/h7-10H,2-6,11-12H2,1H3. The van der Waals surface area contributed by atoms with Gasteiger partial charge in [0.05, 0.1) is 18.6 Å². The summed E-state index contributed by atoms with van der Waals surface area (Å²) in [5.74, 6) is 1.53. The van der Waals surface area contributed by atoms with E-state index in [-0.39, 0.29) is 11.5 Å². The molecule has 23 heavy (non-hydrogen) atoms. The maximum atomic E-state index is 12.5. The number of methoxy groups -OCH3 is 1. The summed E-state index contributed by atoms with van der Waals surface area (Å²) in [4.78, 5) is 0. The third-order valence-electron chi connectivity index (χ3n) is 4.18. The van der Waals surface area contributed by atoms with Crippen LogP contribution < -0.4 is 4.74 Å². The van der Waals surface area contributed by atoms with E-state index in [2.05, 4.69) is 5.16 Å². The Hall–Kier alpha value is -1.82. The molecule has 1 heterocycles. The molecule has 0 aliphatic heterocycles. The Morgan fingerprint density at radius 1 is 1.09 bits per heavy atom. The quantitative estimate of drug-likeness (QED) is 0.786. The van der Waals surface area contributed by atoms with Gasteiger partial charge in [-0.2, -0.15) is 0 Å². The molecule has 0 bridgehead atoms. The fourth-order valence-corrected chi connectivity index (χ4v) is 4.42. The number of sulfone groups is 1. The number of benzene rings is 1. The third kappa shape index (κ3) is 3.93. The van der Waals surface area contributed by atoms with E-state index in [1.54, 1.807) is 31.4 Å². The molecule has 1 aromatic heterocycles. The van der Waals surface area contributed by atoms with Gasteiger partial charge in [0.25, 0.3) is 0 Å². The predicted molar refractivity (Wildman–Crippen MR) is 87.1 cm³/mol. The zero-order valence-corrected chi connectivity index (χ0v) is 14.1. The van der Waals surface area contributed by atoms with Crippen molar-refractivity contribution in [1.29, 1.82) is 0 Å². The molecule has 3 rings (SSSR count). The van der Waals surface area contributed by atoms with Gasteiger partial charge in [0.15, 0.2) is 9.84 Å². The van der Waals surface area contributed by atoms with E-state index in [4.69, 9.17) is 9.26 Å². The van der Waals surface area contributed by atoms with Crippen LogP contribution in [-0.2, 0) is 34.2 Å². The molecule has 0 radical (unpaired) electrons. The van der Waals surface area contributed by atoms with Crippen LogP contribution in [0.4, 0.5) is 0 Å². The van der Waals surface area contributed by atoms with Crippen LogP contribution in [0.2, 0.25) is 0 Å². The molecule has 0 unspecified atom stereocenters. The Balaban J connectivity index is 1.74. The first-order valence-corrected chi connectivity index (χ1v) is 9.69. The Kier molecular flexibility index (Phi) is 4.71. The first kappa shape index (κ1) is 16.1. The van der Waals surface area contributed by atoms with Gasteiger partial charge in [-0.25, -0.2) is 8.42 Å². The van der Waals surface area contributed by atoms with Gasteiger partial charge in [0.2, 0.25) is 0 Å². The average molecular weight is 335 g/mol. The lowest BCUT2D eigenvalue weighted by molar-refractivity contribution is 0.376. The Bertz CT molecular complexity index is 762. The van der Waals surface area contributed by atoms with Crippen molar-refractivity contribution in [2.45, 2.75) is 43.6 Å². The summed E-state index contributed by atoms with van der Waals surface area (Å²) < 4.78 is 35.4. The first-order chi connectivity index (χ1) is 11.1. The molecular formula is C17H21NO4S. The second-order valence-corrected chi connectivity index (χ2v) is 8.04. The lowest BCUT2D eigenvalue weighted by Gasteiger charge is -2.05. The summed E-state index contributed by atoms with van der Waals surface area (Å²) >= 11 is 0. The second kappa shape index (κ2) is 6.74. The van der Waals surface area contributed by atoms with Crippen molar-refractivity contribution < 1.29 is 17.7 Å². The van der Waals surface area contributed by atoms with Gasteiger partial charge in [-0.1, -0.05) is 23.7 Å². The molecule has 1 aliphatic carbocycles. The van der Waals surface area contributed by atoms with Crippen molar-refractivity contribution in [1.82, 2.24) is 5.16 Å². The van der Waals surface area contributed by atoms with Gasteiger partial charge in [-0.05, 0) is 37.0 Å². The summed E-state index contributed by atoms with van der Waals surface area (Å²) in [6.45, 7) is 0. The van der Waals surface area contributed by atoms with Crippen LogP contribution in [-0.4, -0.2) is 20.7 Å². The Morgan fingerprint density at radius 3 is 2.57 bits per heavy atom. The zero-order chi connectivity index (χ0) is 16.3. The highest BCUT2D eigenvalue weighted by atomic mass is 32.2. The molecule has 0 N–H and O–H groups in total. The van der Waals surface area contributed by atoms with Crippen LogP contribution >= 0.6 is 0 Å². The van der Waals surface area contributed by atoms with Crippen molar-refractivity contribution in [3.63, 3.8) is 0 Å². The molecule has 0 saturated carbocycles. The smallest absolute Gasteiger partial charge is 0.160 e. The Morgan fingerprint density at radius 2 is 1.83 bits per heavy atom. The summed E-state index contributed by atoms with van der Waals surface area (Å²) in [6, 6.07) is 7.10. The molecule has 2 aromatic rings. The van der Waals surface area contributed by atoms with Crippen LogP contribution in [0.3, 0.4) is 0 Å². The van der Waals surface area contributed by atoms with Crippen LogP contribution in [0.1, 0.15) is 41.8 Å². The normalized spacial score (nSPS) is 15.0. The van der Waals surface area contributed by atoms with E-state index in [0.29, 0.717) is 11.4 Å². The molecule has 0 fully saturated rings. The fourth-order valence-electron chi connectivity index (χ4n) is 2.97. The maximum absolute atomic E-state index is 12.5. The van der Waals surface area contributed by atoms with Gasteiger partial charge < -0.3 is 9.26 Å². The number of aromatic nitrogens is 1. The molecule has 6 heteroatoms. The van der Waals surface area contributed by atoms with Gasteiger partial charge in [0, 0.05) is 12.0 Å². The molecule has 0 saturated heterocycles. The fraction of sp³-hybridized carbons (Fsp3) is 0.471. The average Bonchev–Trinajstić information content (AvgIpc) is 2.75. The van der Waals surface area contributed by atoms with Crippen LogP contribution in [0.25, 0.3) is 0 Å². The maximum Gasteiger partial charge on any atom is 0.160 e. The molecule has 1 aromatic carbocycles. The number of rotatable bonds is 5. The molecule has 1 aliphatic rings. The highest BCUT2D eigenvalue weighted by molar-refractivity contribution is 7.89. The monoisotopic (exact) mass is 335 g/mol. The van der Waals surface area contributed by atoms with Crippen molar-refractivity contribution in [3.05, 3.63) is 46.8 Å². The number of nitrogens with zero attached hydrogens (tertiary/aromatic N) is 1. The number of aryl methyl sites for hydroxylation is 1. The summed E-state index contributed by atoms with van der Waals surface area (Å²) in [5, 5.41) is 4.02. The number of hydrogen-bond donors (Lipinski definition) is 0. The minimum Gasteiger partial charge on any atom is -0.497 e. The SMILES string of the molecule is COc1ccc(CS(=O)(=O)Cc2noc3c2CCCCC3)cc1. The summed E-state index contributed by atoms with van der Waals surface area (Å²) in [5.41, 5.74) is 2.36. The molecule has 124 valence electrons. The van der Waals surface area contributed by atoms with E-state index in [1.807, 2.05) is 0 Å². The van der Waals surface area contributed by atoms with E-state index in [9.17, 15) is 8.42 Å². The van der Waals surface area contributed by atoms with Crippen LogP contribution in [0.15, 0.2) is 28.8 Å². The van der Waals surface area contributed by atoms with Crippen LogP contribution in [0.5, 0.6) is 5.75 Å². The highest BCUT2D eigenvalue weighted by Crippen LogP contribution is 2.25. The van der Waals surface area contributed by atoms with E-state index in [0.717, 1.165) is 49.0 Å². The van der Waals surface area contributed by atoms with Gasteiger partial charge >= 0.3 is 0 Å². The minimum atomic E-state index is -3.29. The zero-order valence-electron chi connectivity index (χ0n) is 13.2. The van der Waals surface area contributed by atoms with Gasteiger partial charge in [-0.15, -0.1) is 0 Å². The second-order valence-electron chi connectivity index (χ2n) is 5.97. The predicted octanol–water partition coefficient (Wildman–Crippen LogP) is 3.07.